The lowest BCUT2D eigenvalue weighted by molar-refractivity contribution is 0.394. The van der Waals surface area contributed by atoms with Gasteiger partial charge in [-0.15, -0.1) is 0 Å². The molecule has 3 heteroatoms. The van der Waals surface area contributed by atoms with E-state index in [4.69, 9.17) is 5.26 Å². The smallest absolute Gasteiger partial charge is 0.124 e. The van der Waals surface area contributed by atoms with E-state index in [9.17, 15) is 4.39 Å². The molecule has 0 aromatic heterocycles. The van der Waals surface area contributed by atoms with E-state index >= 15 is 0 Å². The average Bonchev–Trinajstić information content (AvgIpc) is 2.36. The van der Waals surface area contributed by atoms with Gasteiger partial charge in [-0.3, -0.25) is 0 Å². The summed E-state index contributed by atoms with van der Waals surface area (Å²) in [7, 11) is 0. The Labute approximate surface area is 112 Å². The van der Waals surface area contributed by atoms with Crippen molar-refractivity contribution in [3.8, 4) is 6.07 Å². The maximum absolute atomic E-state index is 13.3. The quantitative estimate of drug-likeness (QED) is 0.801. The van der Waals surface area contributed by atoms with E-state index in [1.54, 1.807) is 12.1 Å². The molecule has 0 aliphatic heterocycles. The number of halogens is 1. The molecule has 0 bridgehead atoms. The topological polar surface area (TPSA) is 23.8 Å². The zero-order valence-corrected chi connectivity index (χ0v) is 11.5. The molecule has 0 spiro atoms. The molecule has 0 N–H and O–H groups in total. The van der Waals surface area contributed by atoms with Gasteiger partial charge in [0.05, 0.1) is 11.6 Å². The molecule has 0 saturated heterocycles. The molecular formula is C15H18FNS. The minimum Gasteiger partial charge on any atom is -0.207 e. The molecular weight excluding hydrogens is 245 g/mol. The van der Waals surface area contributed by atoms with Crippen molar-refractivity contribution < 1.29 is 4.39 Å². The summed E-state index contributed by atoms with van der Waals surface area (Å²) in [5.41, 5.74) is 1.34. The van der Waals surface area contributed by atoms with Crippen LogP contribution >= 0.6 is 11.8 Å². The van der Waals surface area contributed by atoms with Crippen LogP contribution < -0.4 is 0 Å². The van der Waals surface area contributed by atoms with Crippen LogP contribution in [0.15, 0.2) is 18.2 Å². The largest absolute Gasteiger partial charge is 0.207 e. The predicted molar refractivity (Wildman–Crippen MR) is 73.8 cm³/mol. The Morgan fingerprint density at radius 2 is 2.22 bits per heavy atom. The van der Waals surface area contributed by atoms with Crippen molar-refractivity contribution in [1.29, 1.82) is 5.26 Å². The second kappa shape index (κ2) is 6.24. The van der Waals surface area contributed by atoms with Gasteiger partial charge in [0.25, 0.3) is 0 Å². The Bertz CT molecular complexity index is 452. The minimum atomic E-state index is -0.304. The number of nitrogens with zero attached hydrogens (tertiary/aromatic N) is 1. The maximum atomic E-state index is 13.3. The fourth-order valence-corrected chi connectivity index (χ4v) is 3.93. The summed E-state index contributed by atoms with van der Waals surface area (Å²) in [6, 6.07) is 6.63. The van der Waals surface area contributed by atoms with E-state index in [0.29, 0.717) is 10.8 Å². The Morgan fingerprint density at radius 3 is 2.94 bits per heavy atom. The second-order valence-electron chi connectivity index (χ2n) is 5.16. The average molecular weight is 263 g/mol. The first-order chi connectivity index (χ1) is 8.67. The highest BCUT2D eigenvalue weighted by atomic mass is 32.2. The van der Waals surface area contributed by atoms with Crippen LogP contribution in [-0.2, 0) is 5.75 Å². The molecule has 1 fully saturated rings. The van der Waals surface area contributed by atoms with E-state index in [1.165, 1.54) is 31.7 Å². The van der Waals surface area contributed by atoms with Crippen LogP contribution in [0.4, 0.5) is 4.39 Å². The minimum absolute atomic E-state index is 0.304. The molecule has 0 heterocycles. The van der Waals surface area contributed by atoms with Crippen LogP contribution in [0, 0.1) is 23.1 Å². The van der Waals surface area contributed by atoms with E-state index < -0.39 is 0 Å². The van der Waals surface area contributed by atoms with Gasteiger partial charge >= 0.3 is 0 Å². The molecule has 1 aromatic rings. The van der Waals surface area contributed by atoms with Crippen molar-refractivity contribution in [1.82, 2.24) is 0 Å². The highest BCUT2D eigenvalue weighted by Gasteiger charge is 2.19. The summed E-state index contributed by atoms with van der Waals surface area (Å²) in [6.45, 7) is 2.31. The van der Waals surface area contributed by atoms with Gasteiger partial charge in [-0.05, 0) is 42.5 Å². The van der Waals surface area contributed by atoms with Crippen LogP contribution in [0.2, 0.25) is 0 Å². The normalized spacial score (nSPS) is 23.6. The van der Waals surface area contributed by atoms with Gasteiger partial charge in [-0.2, -0.15) is 17.0 Å². The van der Waals surface area contributed by atoms with Crippen molar-refractivity contribution in [3.05, 3.63) is 35.1 Å². The number of benzene rings is 1. The third-order valence-corrected chi connectivity index (χ3v) is 4.86. The van der Waals surface area contributed by atoms with E-state index in [2.05, 4.69) is 6.92 Å². The molecule has 18 heavy (non-hydrogen) atoms. The summed E-state index contributed by atoms with van der Waals surface area (Å²) in [5, 5.41) is 9.51. The lowest BCUT2D eigenvalue weighted by Gasteiger charge is -2.26. The predicted octanol–water partition coefficient (Wildman–Crippen LogP) is 4.51. The van der Waals surface area contributed by atoms with Crippen molar-refractivity contribution in [2.24, 2.45) is 5.92 Å². The molecule has 1 aromatic carbocycles. The van der Waals surface area contributed by atoms with Crippen LogP contribution in [0.25, 0.3) is 0 Å². The first kappa shape index (κ1) is 13.4. The molecule has 0 radical (unpaired) electrons. The molecule has 1 aliphatic rings. The molecule has 1 saturated carbocycles. The lowest BCUT2D eigenvalue weighted by atomic mass is 9.91. The Kier molecular flexibility index (Phi) is 4.66. The molecule has 2 atom stereocenters. The van der Waals surface area contributed by atoms with Crippen molar-refractivity contribution in [3.63, 3.8) is 0 Å². The van der Waals surface area contributed by atoms with Gasteiger partial charge in [0.15, 0.2) is 0 Å². The zero-order chi connectivity index (χ0) is 13.0. The van der Waals surface area contributed by atoms with Gasteiger partial charge in [0.2, 0.25) is 0 Å². The fraction of sp³-hybridized carbons (Fsp3) is 0.533. The molecule has 96 valence electrons. The van der Waals surface area contributed by atoms with E-state index in [0.717, 1.165) is 17.2 Å². The first-order valence-corrected chi connectivity index (χ1v) is 7.53. The van der Waals surface area contributed by atoms with Crippen molar-refractivity contribution in [2.75, 3.05) is 0 Å². The number of rotatable bonds is 3. The summed E-state index contributed by atoms with van der Waals surface area (Å²) in [4.78, 5) is 0. The summed E-state index contributed by atoms with van der Waals surface area (Å²) < 4.78 is 13.3. The third-order valence-electron chi connectivity index (χ3n) is 3.46. The highest BCUT2D eigenvalue weighted by Crippen LogP contribution is 2.33. The number of thioether (sulfide) groups is 1. The van der Waals surface area contributed by atoms with Crippen molar-refractivity contribution >= 4 is 11.8 Å². The standard InChI is InChI=1S/C15H18FNS/c1-11-3-2-4-15(5-11)18-10-13-6-12(9-17)7-14(16)8-13/h6-8,11,15H,2-5,10H2,1H3. The monoisotopic (exact) mass is 263 g/mol. The summed E-state index contributed by atoms with van der Waals surface area (Å²) in [5.74, 6) is 1.32. The second-order valence-corrected chi connectivity index (χ2v) is 6.45. The van der Waals surface area contributed by atoms with Gasteiger partial charge in [-0.25, -0.2) is 4.39 Å². The van der Waals surface area contributed by atoms with Crippen LogP contribution in [-0.4, -0.2) is 5.25 Å². The lowest BCUT2D eigenvalue weighted by Crippen LogP contribution is -2.15. The molecule has 0 amide bonds. The summed E-state index contributed by atoms with van der Waals surface area (Å²) in [6.07, 6.45) is 5.20. The highest BCUT2D eigenvalue weighted by molar-refractivity contribution is 7.99. The van der Waals surface area contributed by atoms with E-state index in [1.807, 2.05) is 17.8 Å². The third kappa shape index (κ3) is 3.74. The molecule has 2 rings (SSSR count). The Balaban J connectivity index is 1.93. The zero-order valence-electron chi connectivity index (χ0n) is 10.7. The number of hydrogen-bond acceptors (Lipinski definition) is 2. The Hall–Kier alpha value is -1.01. The van der Waals surface area contributed by atoms with Gasteiger partial charge in [0, 0.05) is 11.0 Å². The number of hydrogen-bond donors (Lipinski definition) is 0. The van der Waals surface area contributed by atoms with Gasteiger partial charge < -0.3 is 0 Å². The molecule has 1 nitrogen and oxygen atoms in total. The van der Waals surface area contributed by atoms with Crippen molar-refractivity contribution in [2.45, 2.75) is 43.6 Å². The van der Waals surface area contributed by atoms with Crippen LogP contribution in [0.5, 0.6) is 0 Å². The molecule has 2 unspecified atom stereocenters. The van der Waals surface area contributed by atoms with Crippen LogP contribution in [0.3, 0.4) is 0 Å². The summed E-state index contributed by atoms with van der Waals surface area (Å²) >= 11 is 1.91. The van der Waals surface area contributed by atoms with Crippen LogP contribution in [0.1, 0.15) is 43.7 Å². The van der Waals surface area contributed by atoms with E-state index in [-0.39, 0.29) is 5.82 Å². The van der Waals surface area contributed by atoms with Gasteiger partial charge in [-0.1, -0.05) is 19.8 Å². The van der Waals surface area contributed by atoms with Gasteiger partial charge in [0.1, 0.15) is 5.82 Å². The number of nitriles is 1. The fourth-order valence-electron chi connectivity index (χ4n) is 2.54. The SMILES string of the molecule is CC1CCCC(SCc2cc(F)cc(C#N)c2)C1. The Morgan fingerprint density at radius 1 is 1.39 bits per heavy atom. The maximum Gasteiger partial charge on any atom is 0.124 e. The first-order valence-electron chi connectivity index (χ1n) is 6.48. The molecule has 1 aliphatic carbocycles.